The zero-order valence-corrected chi connectivity index (χ0v) is 16.7. The van der Waals surface area contributed by atoms with Crippen LogP contribution >= 0.6 is 12.4 Å². The highest BCUT2D eigenvalue weighted by atomic mass is 35.5. The third-order valence-corrected chi connectivity index (χ3v) is 4.96. The van der Waals surface area contributed by atoms with Crippen molar-refractivity contribution in [2.45, 2.75) is 18.9 Å². The maximum absolute atomic E-state index is 12.5. The molecule has 1 aromatic carbocycles. The standard InChI is InChI=1S/C19H23N3O6.ClH/c23-16(13-1-3-15(4-2-13)28-12-17(24)25)11-21-9-10-22(19(27)18(21)26)14-5-7-20-8-6-14;/h1-4,14,20H,5-12H2,(H,24,25);1H. The molecule has 0 spiro atoms. The highest BCUT2D eigenvalue weighted by molar-refractivity contribution is 6.35. The molecule has 0 atom stereocenters. The Labute approximate surface area is 174 Å². The van der Waals surface area contributed by atoms with Gasteiger partial charge in [-0.25, -0.2) is 4.79 Å². The average Bonchev–Trinajstić information content (AvgIpc) is 2.71. The summed E-state index contributed by atoms with van der Waals surface area (Å²) >= 11 is 0. The number of rotatable bonds is 7. The minimum atomic E-state index is -1.09. The molecule has 10 heteroatoms. The van der Waals surface area contributed by atoms with Crippen LogP contribution in [0, 0.1) is 0 Å². The van der Waals surface area contributed by atoms with E-state index in [2.05, 4.69) is 5.32 Å². The van der Waals surface area contributed by atoms with Crippen LogP contribution in [0.3, 0.4) is 0 Å². The summed E-state index contributed by atoms with van der Waals surface area (Å²) in [7, 11) is 0. The number of nitrogens with zero attached hydrogens (tertiary/aromatic N) is 2. The van der Waals surface area contributed by atoms with Crippen LogP contribution in [0.5, 0.6) is 5.75 Å². The van der Waals surface area contributed by atoms with Crippen molar-refractivity contribution in [3.63, 3.8) is 0 Å². The molecule has 2 aliphatic heterocycles. The number of halogens is 1. The molecule has 9 nitrogen and oxygen atoms in total. The molecule has 3 rings (SSSR count). The Morgan fingerprint density at radius 2 is 1.72 bits per heavy atom. The third-order valence-electron chi connectivity index (χ3n) is 4.96. The van der Waals surface area contributed by atoms with Gasteiger partial charge in [-0.05, 0) is 50.2 Å². The second-order valence-corrected chi connectivity index (χ2v) is 6.84. The van der Waals surface area contributed by atoms with E-state index in [0.29, 0.717) is 24.4 Å². The number of ketones is 1. The normalized spacial score (nSPS) is 17.7. The first-order valence-electron chi connectivity index (χ1n) is 9.24. The van der Waals surface area contributed by atoms with Crippen LogP contribution in [-0.4, -0.2) is 83.8 Å². The summed E-state index contributed by atoms with van der Waals surface area (Å²) in [5, 5.41) is 11.8. The Balaban J connectivity index is 0.00000300. The van der Waals surface area contributed by atoms with Crippen molar-refractivity contribution in [2.75, 3.05) is 39.3 Å². The quantitative estimate of drug-likeness (QED) is 0.472. The van der Waals surface area contributed by atoms with E-state index in [1.54, 1.807) is 4.90 Å². The predicted octanol–water partition coefficient (Wildman–Crippen LogP) is 0.177. The van der Waals surface area contributed by atoms with Crippen molar-refractivity contribution in [1.82, 2.24) is 15.1 Å². The minimum Gasteiger partial charge on any atom is -0.482 e. The molecule has 2 fully saturated rings. The molecular weight excluding hydrogens is 402 g/mol. The van der Waals surface area contributed by atoms with E-state index in [1.165, 1.54) is 29.2 Å². The van der Waals surface area contributed by atoms with Gasteiger partial charge in [-0.1, -0.05) is 0 Å². The molecule has 0 radical (unpaired) electrons. The van der Waals surface area contributed by atoms with Gasteiger partial charge in [-0.2, -0.15) is 0 Å². The number of hydrogen-bond donors (Lipinski definition) is 2. The van der Waals surface area contributed by atoms with Crippen molar-refractivity contribution < 1.29 is 29.0 Å². The molecule has 2 amide bonds. The van der Waals surface area contributed by atoms with E-state index in [4.69, 9.17) is 9.84 Å². The van der Waals surface area contributed by atoms with Gasteiger partial charge >= 0.3 is 17.8 Å². The Hall–Kier alpha value is -2.65. The zero-order chi connectivity index (χ0) is 20.1. The summed E-state index contributed by atoms with van der Waals surface area (Å²) in [6.07, 6.45) is 1.66. The summed E-state index contributed by atoms with van der Waals surface area (Å²) in [6.45, 7) is 1.80. The van der Waals surface area contributed by atoms with Gasteiger partial charge < -0.3 is 25.0 Å². The molecule has 2 N–H and O–H groups in total. The Morgan fingerprint density at radius 3 is 2.34 bits per heavy atom. The van der Waals surface area contributed by atoms with Crippen LogP contribution in [0.25, 0.3) is 0 Å². The highest BCUT2D eigenvalue weighted by Gasteiger charge is 2.37. The molecule has 0 aliphatic carbocycles. The Morgan fingerprint density at radius 1 is 1.07 bits per heavy atom. The fraction of sp³-hybridized carbons (Fsp3) is 0.474. The first-order chi connectivity index (χ1) is 13.5. The molecule has 1 aromatic rings. The number of ether oxygens (including phenoxy) is 1. The molecule has 0 aromatic heterocycles. The highest BCUT2D eigenvalue weighted by Crippen LogP contribution is 2.17. The first-order valence-corrected chi connectivity index (χ1v) is 9.24. The maximum atomic E-state index is 12.5. The number of amides is 2. The number of carbonyl (C=O) groups excluding carboxylic acids is 3. The maximum Gasteiger partial charge on any atom is 0.341 e. The minimum absolute atomic E-state index is 0. The van der Waals surface area contributed by atoms with E-state index in [0.717, 1.165) is 25.9 Å². The number of carboxylic acid groups (broad SMARTS) is 1. The number of piperazine rings is 1. The number of benzene rings is 1. The van der Waals surface area contributed by atoms with Crippen LogP contribution in [0.15, 0.2) is 24.3 Å². The van der Waals surface area contributed by atoms with Gasteiger partial charge in [0.25, 0.3) is 0 Å². The van der Waals surface area contributed by atoms with Crippen LogP contribution in [-0.2, 0) is 14.4 Å². The number of hydrogen-bond acceptors (Lipinski definition) is 6. The van der Waals surface area contributed by atoms with E-state index in [1.807, 2.05) is 0 Å². The van der Waals surface area contributed by atoms with Crippen LogP contribution < -0.4 is 10.1 Å². The van der Waals surface area contributed by atoms with Crippen molar-refractivity contribution in [2.24, 2.45) is 0 Å². The van der Waals surface area contributed by atoms with Crippen molar-refractivity contribution in [3.05, 3.63) is 29.8 Å². The number of Topliss-reactive ketones (excluding diaryl/α,β-unsaturated/α-hetero) is 1. The van der Waals surface area contributed by atoms with Crippen molar-refractivity contribution in [3.8, 4) is 5.75 Å². The monoisotopic (exact) mass is 425 g/mol. The molecule has 0 unspecified atom stereocenters. The third kappa shape index (κ3) is 5.68. The van der Waals surface area contributed by atoms with Gasteiger partial charge in [0.15, 0.2) is 12.4 Å². The zero-order valence-electron chi connectivity index (χ0n) is 15.8. The number of carbonyl (C=O) groups is 4. The lowest BCUT2D eigenvalue weighted by molar-refractivity contribution is -0.157. The Bertz CT molecular complexity index is 764. The smallest absolute Gasteiger partial charge is 0.341 e. The molecule has 0 bridgehead atoms. The second-order valence-electron chi connectivity index (χ2n) is 6.84. The van der Waals surface area contributed by atoms with Gasteiger partial charge in [0.2, 0.25) is 0 Å². The average molecular weight is 426 g/mol. The summed E-state index contributed by atoms with van der Waals surface area (Å²) in [6, 6.07) is 6.10. The Kier molecular flexibility index (Phi) is 7.98. The lowest BCUT2D eigenvalue weighted by Crippen LogP contribution is -2.59. The van der Waals surface area contributed by atoms with Gasteiger partial charge in [-0.3, -0.25) is 14.4 Å². The molecule has 2 heterocycles. The summed E-state index contributed by atoms with van der Waals surface area (Å²) in [5.74, 6) is -2.23. The molecule has 2 aliphatic rings. The molecule has 158 valence electrons. The SMILES string of the molecule is Cl.O=C(O)COc1ccc(C(=O)CN2CCN(C3CCNCC3)C(=O)C2=O)cc1. The number of piperidine rings is 1. The first kappa shape index (κ1) is 22.6. The van der Waals surface area contributed by atoms with Gasteiger partial charge in [0, 0.05) is 24.7 Å². The van der Waals surface area contributed by atoms with E-state index < -0.39 is 24.4 Å². The lowest BCUT2D eigenvalue weighted by atomic mass is 10.0. The summed E-state index contributed by atoms with van der Waals surface area (Å²) in [4.78, 5) is 50.8. The largest absolute Gasteiger partial charge is 0.482 e. The number of aliphatic carboxylic acids is 1. The van der Waals surface area contributed by atoms with Crippen molar-refractivity contribution >= 4 is 36.0 Å². The summed E-state index contributed by atoms with van der Waals surface area (Å²) < 4.78 is 5.02. The van der Waals surface area contributed by atoms with E-state index >= 15 is 0 Å². The second kappa shape index (κ2) is 10.2. The lowest BCUT2D eigenvalue weighted by Gasteiger charge is -2.39. The molecule has 0 saturated carbocycles. The fourth-order valence-corrected chi connectivity index (χ4v) is 3.45. The van der Waals surface area contributed by atoms with Gasteiger partial charge in [-0.15, -0.1) is 12.4 Å². The molecule has 2 saturated heterocycles. The van der Waals surface area contributed by atoms with Crippen LogP contribution in [0.2, 0.25) is 0 Å². The number of nitrogens with one attached hydrogen (secondary N) is 1. The molecule has 29 heavy (non-hydrogen) atoms. The van der Waals surface area contributed by atoms with Crippen LogP contribution in [0.1, 0.15) is 23.2 Å². The van der Waals surface area contributed by atoms with Crippen molar-refractivity contribution in [1.29, 1.82) is 0 Å². The predicted molar refractivity (Wildman–Crippen MR) is 105 cm³/mol. The fourth-order valence-electron chi connectivity index (χ4n) is 3.45. The van der Waals surface area contributed by atoms with E-state index in [9.17, 15) is 19.2 Å². The van der Waals surface area contributed by atoms with Gasteiger partial charge in [0.1, 0.15) is 5.75 Å². The topological polar surface area (TPSA) is 116 Å². The number of carboxylic acids is 1. The summed E-state index contributed by atoms with van der Waals surface area (Å²) in [5.41, 5.74) is 0.365. The van der Waals surface area contributed by atoms with Crippen LogP contribution in [0.4, 0.5) is 0 Å². The molecular formula is C19H24ClN3O6. The van der Waals surface area contributed by atoms with E-state index in [-0.39, 0.29) is 30.8 Å². The van der Waals surface area contributed by atoms with Gasteiger partial charge in [0.05, 0.1) is 6.54 Å².